The number of thiophene rings is 1. The number of amides is 1. The Morgan fingerprint density at radius 3 is 2.63 bits per heavy atom. The van der Waals surface area contributed by atoms with E-state index in [1.165, 1.54) is 17.7 Å². The second-order valence-corrected chi connectivity index (χ2v) is 8.74. The maximum absolute atomic E-state index is 13.5. The van der Waals surface area contributed by atoms with Crippen LogP contribution in [0.15, 0.2) is 29.9 Å². The molecule has 2 fully saturated rings. The van der Waals surface area contributed by atoms with Gasteiger partial charge in [0.05, 0.1) is 5.41 Å². The monoisotopic (exact) mass is 386 g/mol. The van der Waals surface area contributed by atoms with Gasteiger partial charge in [0.2, 0.25) is 5.91 Å². The third-order valence-electron chi connectivity index (χ3n) is 6.29. The number of hydrogen-bond donors (Lipinski definition) is 0. The van der Waals surface area contributed by atoms with Gasteiger partial charge in [-0.25, -0.2) is 4.98 Å². The third kappa shape index (κ3) is 3.69. The largest absolute Gasteiger partial charge is 0.339 e. The Labute approximate surface area is 166 Å². The molecule has 0 unspecified atom stereocenters. The first-order chi connectivity index (χ1) is 13.2. The highest BCUT2D eigenvalue weighted by atomic mass is 32.1. The second-order valence-electron chi connectivity index (χ2n) is 7.79. The predicted molar refractivity (Wildman–Crippen MR) is 109 cm³/mol. The number of imidazole rings is 1. The molecule has 6 heteroatoms. The van der Waals surface area contributed by atoms with Crippen molar-refractivity contribution in [1.29, 1.82) is 0 Å². The van der Waals surface area contributed by atoms with Crippen LogP contribution in [0.2, 0.25) is 0 Å². The number of carbonyl (C=O) groups is 1. The van der Waals surface area contributed by atoms with Crippen LogP contribution in [-0.2, 0) is 23.2 Å². The lowest BCUT2D eigenvalue weighted by Gasteiger charge is -2.39. The van der Waals surface area contributed by atoms with Gasteiger partial charge in [-0.1, -0.05) is 25.8 Å². The molecule has 1 aliphatic heterocycles. The van der Waals surface area contributed by atoms with E-state index in [0.29, 0.717) is 5.91 Å². The topological polar surface area (TPSA) is 41.4 Å². The fourth-order valence-corrected chi connectivity index (χ4v) is 5.66. The van der Waals surface area contributed by atoms with E-state index < -0.39 is 0 Å². The first-order valence-electron chi connectivity index (χ1n) is 10.3. The minimum atomic E-state index is -0.233. The maximum Gasteiger partial charge on any atom is 0.234 e. The number of nitrogens with zero attached hydrogens (tertiary/aromatic N) is 4. The average molecular weight is 387 g/mol. The third-order valence-corrected chi connectivity index (χ3v) is 7.37. The molecule has 0 spiro atoms. The molecular weight excluding hydrogens is 356 g/mol. The minimum Gasteiger partial charge on any atom is -0.339 e. The molecule has 2 aromatic rings. The van der Waals surface area contributed by atoms with Gasteiger partial charge in [-0.15, -0.1) is 11.3 Å². The molecular formula is C21H30N4OS. The first kappa shape index (κ1) is 18.7. The molecule has 27 heavy (non-hydrogen) atoms. The van der Waals surface area contributed by atoms with Crippen LogP contribution >= 0.6 is 11.3 Å². The lowest BCUT2D eigenvalue weighted by atomic mass is 9.82. The Balaban J connectivity index is 1.34. The quantitative estimate of drug-likeness (QED) is 0.766. The summed E-state index contributed by atoms with van der Waals surface area (Å²) in [5, 5.41) is 2.11. The van der Waals surface area contributed by atoms with Gasteiger partial charge in [0, 0.05) is 63.0 Å². The highest BCUT2D eigenvalue weighted by Gasteiger charge is 2.46. The lowest BCUT2D eigenvalue weighted by Crippen LogP contribution is -2.54. The van der Waals surface area contributed by atoms with E-state index in [0.717, 1.165) is 64.4 Å². The highest BCUT2D eigenvalue weighted by molar-refractivity contribution is 7.10. The number of carbonyl (C=O) groups excluding carboxylic acids is 1. The van der Waals surface area contributed by atoms with E-state index in [2.05, 4.69) is 50.0 Å². The summed E-state index contributed by atoms with van der Waals surface area (Å²) >= 11 is 1.76. The van der Waals surface area contributed by atoms with E-state index in [1.54, 1.807) is 11.3 Å². The number of aromatic nitrogens is 2. The molecule has 1 amide bonds. The predicted octanol–water partition coefficient (Wildman–Crippen LogP) is 3.16. The van der Waals surface area contributed by atoms with Crippen molar-refractivity contribution in [2.45, 2.75) is 51.0 Å². The molecule has 0 bridgehead atoms. The van der Waals surface area contributed by atoms with Crippen LogP contribution in [-0.4, -0.2) is 58.0 Å². The summed E-state index contributed by atoms with van der Waals surface area (Å²) in [4.78, 5) is 23.8. The number of aryl methyl sites for hydroxylation is 1. The van der Waals surface area contributed by atoms with E-state index >= 15 is 0 Å². The standard InChI is InChI=1S/C21H30N4OS/c1-2-19-22-9-10-24(19)14-11-23-12-15-25(16-13-23)20(26)21(7-3-4-8-21)18-6-5-17-27-18/h5-6,9-10,17H,2-4,7-8,11-16H2,1H3. The van der Waals surface area contributed by atoms with Crippen molar-refractivity contribution in [2.24, 2.45) is 0 Å². The van der Waals surface area contributed by atoms with Gasteiger partial charge < -0.3 is 9.47 Å². The van der Waals surface area contributed by atoms with E-state index in [4.69, 9.17) is 0 Å². The summed E-state index contributed by atoms with van der Waals surface area (Å²) in [5.41, 5.74) is -0.233. The Hall–Kier alpha value is -1.66. The van der Waals surface area contributed by atoms with Crippen LogP contribution in [0.25, 0.3) is 0 Å². The molecule has 3 heterocycles. The zero-order chi connectivity index (χ0) is 18.7. The van der Waals surface area contributed by atoms with Crippen LogP contribution < -0.4 is 0 Å². The normalized spacial score (nSPS) is 20.3. The van der Waals surface area contributed by atoms with Gasteiger partial charge in [0.1, 0.15) is 5.82 Å². The molecule has 4 rings (SSSR count). The molecule has 0 radical (unpaired) electrons. The molecule has 1 saturated heterocycles. The Morgan fingerprint density at radius 1 is 1.19 bits per heavy atom. The Kier molecular flexibility index (Phi) is 5.64. The fourth-order valence-electron chi connectivity index (χ4n) is 4.68. The molecule has 2 aliphatic rings. The zero-order valence-corrected chi connectivity index (χ0v) is 17.1. The van der Waals surface area contributed by atoms with Gasteiger partial charge in [0.15, 0.2) is 0 Å². The van der Waals surface area contributed by atoms with Crippen molar-refractivity contribution >= 4 is 17.2 Å². The van der Waals surface area contributed by atoms with Crippen LogP contribution in [0.5, 0.6) is 0 Å². The van der Waals surface area contributed by atoms with Crippen LogP contribution in [0.4, 0.5) is 0 Å². The molecule has 5 nitrogen and oxygen atoms in total. The minimum absolute atomic E-state index is 0.233. The maximum atomic E-state index is 13.5. The van der Waals surface area contributed by atoms with Gasteiger partial charge in [-0.2, -0.15) is 0 Å². The SMILES string of the molecule is CCc1nccn1CCN1CCN(C(=O)C2(c3cccs3)CCCC2)CC1. The Morgan fingerprint density at radius 2 is 1.96 bits per heavy atom. The van der Waals surface area contributed by atoms with Crippen molar-refractivity contribution < 1.29 is 4.79 Å². The van der Waals surface area contributed by atoms with Crippen LogP contribution in [0.3, 0.4) is 0 Å². The fraction of sp³-hybridized carbons (Fsp3) is 0.619. The van der Waals surface area contributed by atoms with E-state index in [9.17, 15) is 4.79 Å². The van der Waals surface area contributed by atoms with E-state index in [-0.39, 0.29) is 5.41 Å². The molecule has 0 aromatic carbocycles. The summed E-state index contributed by atoms with van der Waals surface area (Å²) in [6.45, 7) is 7.82. The number of rotatable bonds is 6. The van der Waals surface area contributed by atoms with Gasteiger partial charge in [0.25, 0.3) is 0 Å². The van der Waals surface area contributed by atoms with Gasteiger partial charge in [-0.05, 0) is 24.3 Å². The second kappa shape index (κ2) is 8.15. The Bertz CT molecular complexity index is 740. The average Bonchev–Trinajstić information content (AvgIpc) is 3.47. The van der Waals surface area contributed by atoms with E-state index in [1.807, 2.05) is 6.20 Å². The number of hydrogen-bond acceptors (Lipinski definition) is 4. The summed E-state index contributed by atoms with van der Waals surface area (Å²) < 4.78 is 2.25. The highest BCUT2D eigenvalue weighted by Crippen LogP contribution is 2.44. The smallest absolute Gasteiger partial charge is 0.234 e. The van der Waals surface area contributed by atoms with Crippen molar-refractivity contribution in [2.75, 3.05) is 32.7 Å². The molecule has 0 atom stereocenters. The lowest BCUT2D eigenvalue weighted by molar-refractivity contribution is -0.139. The molecule has 2 aromatic heterocycles. The van der Waals surface area contributed by atoms with Crippen molar-refractivity contribution in [3.8, 4) is 0 Å². The summed E-state index contributed by atoms with van der Waals surface area (Å²) in [6.07, 6.45) is 9.33. The van der Waals surface area contributed by atoms with Crippen LogP contribution in [0.1, 0.15) is 43.3 Å². The molecule has 0 N–H and O–H groups in total. The summed E-state index contributed by atoms with van der Waals surface area (Å²) in [6, 6.07) is 4.26. The molecule has 146 valence electrons. The first-order valence-corrected chi connectivity index (χ1v) is 11.2. The van der Waals surface area contributed by atoms with Gasteiger partial charge >= 0.3 is 0 Å². The summed E-state index contributed by atoms with van der Waals surface area (Å²) in [5.74, 6) is 1.54. The van der Waals surface area contributed by atoms with Crippen molar-refractivity contribution in [3.63, 3.8) is 0 Å². The summed E-state index contributed by atoms with van der Waals surface area (Å²) in [7, 11) is 0. The number of piperazine rings is 1. The van der Waals surface area contributed by atoms with Crippen molar-refractivity contribution in [3.05, 3.63) is 40.6 Å². The van der Waals surface area contributed by atoms with Crippen LogP contribution in [0, 0.1) is 0 Å². The molecule has 1 saturated carbocycles. The molecule has 1 aliphatic carbocycles. The van der Waals surface area contributed by atoms with Gasteiger partial charge in [-0.3, -0.25) is 9.69 Å². The zero-order valence-electron chi connectivity index (χ0n) is 16.3. The van der Waals surface area contributed by atoms with Crippen molar-refractivity contribution in [1.82, 2.24) is 19.4 Å².